The molecule has 7 heteroatoms. The highest BCUT2D eigenvalue weighted by Crippen LogP contribution is 2.32. The number of carbonyl (C=O) groups excluding carboxylic acids is 1. The summed E-state index contributed by atoms with van der Waals surface area (Å²) in [6.07, 6.45) is -6.00. The standard InChI is InChI=1S/C20H22F3NO3/c1-13(25)11-24(12-14(2)26)19(27)18-6-4-3-5-17(18)15-7-9-16(10-8-15)20(21,22)23/h3-10,13-14,25-26H,11-12H2,1-2H3. The summed E-state index contributed by atoms with van der Waals surface area (Å²) in [6, 6.07) is 11.2. The first-order valence-corrected chi connectivity index (χ1v) is 8.51. The Morgan fingerprint density at radius 1 is 0.963 bits per heavy atom. The number of aliphatic hydroxyl groups excluding tert-OH is 2. The van der Waals surface area contributed by atoms with Crippen molar-refractivity contribution in [3.05, 3.63) is 59.7 Å². The Hall–Kier alpha value is -2.38. The molecule has 2 aromatic rings. The van der Waals surface area contributed by atoms with Gasteiger partial charge < -0.3 is 15.1 Å². The predicted molar refractivity (Wildman–Crippen MR) is 96.1 cm³/mol. The normalized spacial score (nSPS) is 13.9. The molecule has 0 saturated heterocycles. The molecule has 2 unspecified atom stereocenters. The topological polar surface area (TPSA) is 60.8 Å². The van der Waals surface area contributed by atoms with Gasteiger partial charge in [0, 0.05) is 18.7 Å². The van der Waals surface area contributed by atoms with Gasteiger partial charge in [0.05, 0.1) is 17.8 Å². The second kappa shape index (κ2) is 8.54. The van der Waals surface area contributed by atoms with E-state index in [0.717, 1.165) is 12.1 Å². The minimum absolute atomic E-state index is 0.0328. The number of aliphatic hydroxyl groups is 2. The molecule has 0 heterocycles. The zero-order valence-corrected chi connectivity index (χ0v) is 15.1. The zero-order valence-electron chi connectivity index (χ0n) is 15.1. The molecule has 146 valence electrons. The van der Waals surface area contributed by atoms with Crippen LogP contribution in [0.5, 0.6) is 0 Å². The van der Waals surface area contributed by atoms with Crippen LogP contribution in [0, 0.1) is 0 Å². The Morgan fingerprint density at radius 3 is 1.96 bits per heavy atom. The second-order valence-corrected chi connectivity index (χ2v) is 6.53. The summed E-state index contributed by atoms with van der Waals surface area (Å²) in [7, 11) is 0. The van der Waals surface area contributed by atoms with Gasteiger partial charge in [0.15, 0.2) is 0 Å². The first-order chi connectivity index (χ1) is 12.6. The van der Waals surface area contributed by atoms with Crippen molar-refractivity contribution in [3.63, 3.8) is 0 Å². The maximum atomic E-state index is 13.0. The van der Waals surface area contributed by atoms with Gasteiger partial charge in [0.25, 0.3) is 5.91 Å². The van der Waals surface area contributed by atoms with Crippen LogP contribution in [0.15, 0.2) is 48.5 Å². The van der Waals surface area contributed by atoms with Crippen molar-refractivity contribution < 1.29 is 28.2 Å². The number of carbonyl (C=O) groups is 1. The fraction of sp³-hybridized carbons (Fsp3) is 0.350. The lowest BCUT2D eigenvalue weighted by Gasteiger charge is -2.26. The van der Waals surface area contributed by atoms with Gasteiger partial charge in [-0.05, 0) is 43.2 Å². The molecule has 0 fully saturated rings. The molecular formula is C20H22F3NO3. The second-order valence-electron chi connectivity index (χ2n) is 6.53. The first kappa shape index (κ1) is 20.9. The van der Waals surface area contributed by atoms with Crippen LogP contribution in [0.4, 0.5) is 13.2 Å². The molecule has 0 saturated carbocycles. The molecule has 0 aliphatic carbocycles. The molecular weight excluding hydrogens is 359 g/mol. The van der Waals surface area contributed by atoms with Crippen molar-refractivity contribution >= 4 is 5.91 Å². The van der Waals surface area contributed by atoms with Crippen molar-refractivity contribution in [1.29, 1.82) is 0 Å². The third-order valence-corrected chi connectivity index (χ3v) is 3.94. The van der Waals surface area contributed by atoms with E-state index in [2.05, 4.69) is 0 Å². The highest BCUT2D eigenvalue weighted by Gasteiger charge is 2.30. The molecule has 2 N–H and O–H groups in total. The van der Waals surface area contributed by atoms with E-state index in [9.17, 15) is 28.2 Å². The average Bonchev–Trinajstić information content (AvgIpc) is 2.59. The Morgan fingerprint density at radius 2 is 1.48 bits per heavy atom. The molecule has 0 spiro atoms. The van der Waals surface area contributed by atoms with Crippen molar-refractivity contribution in [2.75, 3.05) is 13.1 Å². The van der Waals surface area contributed by atoms with E-state index in [0.29, 0.717) is 16.7 Å². The summed E-state index contributed by atoms with van der Waals surface area (Å²) in [5.41, 5.74) is 0.483. The number of hydrogen-bond acceptors (Lipinski definition) is 3. The van der Waals surface area contributed by atoms with E-state index in [1.165, 1.54) is 30.9 Å². The van der Waals surface area contributed by atoms with E-state index < -0.39 is 29.9 Å². The third kappa shape index (κ3) is 5.55. The van der Waals surface area contributed by atoms with Crippen LogP contribution in [0.3, 0.4) is 0 Å². The lowest BCUT2D eigenvalue weighted by molar-refractivity contribution is -0.137. The van der Waals surface area contributed by atoms with Crippen molar-refractivity contribution in [3.8, 4) is 11.1 Å². The van der Waals surface area contributed by atoms with Gasteiger partial charge in [0.1, 0.15) is 0 Å². The van der Waals surface area contributed by atoms with Crippen molar-refractivity contribution in [2.24, 2.45) is 0 Å². The van der Waals surface area contributed by atoms with E-state index in [1.807, 2.05) is 0 Å². The Kier molecular flexibility index (Phi) is 6.62. The van der Waals surface area contributed by atoms with Gasteiger partial charge in [-0.15, -0.1) is 0 Å². The van der Waals surface area contributed by atoms with Crippen LogP contribution in [0.2, 0.25) is 0 Å². The summed E-state index contributed by atoms with van der Waals surface area (Å²) in [6.45, 7) is 3.13. The van der Waals surface area contributed by atoms with Crippen LogP contribution < -0.4 is 0 Å². The predicted octanol–water partition coefficient (Wildman–Crippen LogP) is 3.58. The van der Waals surface area contributed by atoms with Gasteiger partial charge >= 0.3 is 6.18 Å². The number of rotatable bonds is 6. The van der Waals surface area contributed by atoms with Crippen LogP contribution >= 0.6 is 0 Å². The van der Waals surface area contributed by atoms with Crippen molar-refractivity contribution in [1.82, 2.24) is 4.90 Å². The number of amides is 1. The highest BCUT2D eigenvalue weighted by atomic mass is 19.4. The third-order valence-electron chi connectivity index (χ3n) is 3.94. The molecule has 0 aliphatic rings. The van der Waals surface area contributed by atoms with Crippen LogP contribution in [-0.4, -0.2) is 46.3 Å². The number of hydrogen-bond donors (Lipinski definition) is 2. The summed E-state index contributed by atoms with van der Waals surface area (Å²) < 4.78 is 38.3. The van der Waals surface area contributed by atoms with Gasteiger partial charge in [0.2, 0.25) is 0 Å². The van der Waals surface area contributed by atoms with Gasteiger partial charge in [-0.3, -0.25) is 4.79 Å². The molecule has 2 aromatic carbocycles. The lowest BCUT2D eigenvalue weighted by Crippen LogP contribution is -2.41. The quantitative estimate of drug-likeness (QED) is 0.804. The van der Waals surface area contributed by atoms with Gasteiger partial charge in [-0.1, -0.05) is 30.3 Å². The van der Waals surface area contributed by atoms with Crippen LogP contribution in [0.25, 0.3) is 11.1 Å². The summed E-state index contributed by atoms with van der Waals surface area (Å²) in [4.78, 5) is 14.3. The van der Waals surface area contributed by atoms with Gasteiger partial charge in [-0.2, -0.15) is 13.2 Å². The summed E-state index contributed by atoms with van der Waals surface area (Å²) in [5, 5.41) is 19.3. The SMILES string of the molecule is CC(O)CN(CC(C)O)C(=O)c1ccccc1-c1ccc(C(F)(F)F)cc1. The molecule has 0 radical (unpaired) electrons. The van der Waals surface area contributed by atoms with E-state index in [4.69, 9.17) is 0 Å². The van der Waals surface area contributed by atoms with Crippen molar-refractivity contribution in [2.45, 2.75) is 32.2 Å². The fourth-order valence-electron chi connectivity index (χ4n) is 2.81. The zero-order chi connectivity index (χ0) is 20.2. The monoisotopic (exact) mass is 381 g/mol. The molecule has 0 aliphatic heterocycles. The molecule has 1 amide bonds. The van der Waals surface area contributed by atoms with Crippen LogP contribution in [-0.2, 0) is 6.18 Å². The molecule has 27 heavy (non-hydrogen) atoms. The number of alkyl halides is 3. The maximum Gasteiger partial charge on any atom is 0.416 e. The highest BCUT2D eigenvalue weighted by molar-refractivity contribution is 6.01. The Labute approximate surface area is 155 Å². The maximum absolute atomic E-state index is 13.0. The Bertz CT molecular complexity index is 761. The summed E-state index contributed by atoms with van der Waals surface area (Å²) in [5.74, 6) is -0.410. The lowest BCUT2D eigenvalue weighted by atomic mass is 9.97. The molecule has 4 nitrogen and oxygen atoms in total. The Balaban J connectivity index is 2.40. The number of nitrogens with zero attached hydrogens (tertiary/aromatic N) is 1. The molecule has 2 rings (SSSR count). The largest absolute Gasteiger partial charge is 0.416 e. The van der Waals surface area contributed by atoms with Gasteiger partial charge in [-0.25, -0.2) is 0 Å². The number of benzene rings is 2. The van der Waals surface area contributed by atoms with E-state index >= 15 is 0 Å². The minimum Gasteiger partial charge on any atom is -0.392 e. The smallest absolute Gasteiger partial charge is 0.392 e. The molecule has 2 atom stereocenters. The molecule has 0 bridgehead atoms. The summed E-state index contributed by atoms with van der Waals surface area (Å²) >= 11 is 0. The van der Waals surface area contributed by atoms with Crippen LogP contribution in [0.1, 0.15) is 29.8 Å². The minimum atomic E-state index is -4.43. The average molecular weight is 381 g/mol. The van der Waals surface area contributed by atoms with E-state index in [-0.39, 0.29) is 13.1 Å². The molecule has 0 aromatic heterocycles. The number of halogens is 3. The fourth-order valence-corrected chi connectivity index (χ4v) is 2.81. The first-order valence-electron chi connectivity index (χ1n) is 8.51. The van der Waals surface area contributed by atoms with E-state index in [1.54, 1.807) is 24.3 Å².